The molecule has 2 aromatic rings. The normalized spacial score (nSPS) is 14.8. The highest BCUT2D eigenvalue weighted by Gasteiger charge is 2.20. The zero-order chi connectivity index (χ0) is 16.9. The van der Waals surface area contributed by atoms with E-state index >= 15 is 0 Å². The van der Waals surface area contributed by atoms with Crippen molar-refractivity contribution in [1.82, 2.24) is 20.2 Å². The first kappa shape index (κ1) is 16.1. The highest BCUT2D eigenvalue weighted by Crippen LogP contribution is 2.16. The fourth-order valence-corrected chi connectivity index (χ4v) is 2.42. The third kappa shape index (κ3) is 3.76. The Bertz CT molecular complexity index is 667. The summed E-state index contributed by atoms with van der Waals surface area (Å²) in [5.74, 6) is 1.91. The van der Waals surface area contributed by atoms with E-state index in [1.54, 1.807) is 18.5 Å². The summed E-state index contributed by atoms with van der Waals surface area (Å²) in [6, 6.07) is 5.49. The topological polar surface area (TPSA) is 87.1 Å². The maximum absolute atomic E-state index is 11.7. The molecule has 1 amide bonds. The van der Waals surface area contributed by atoms with Gasteiger partial charge in [-0.15, -0.1) is 10.2 Å². The quantitative estimate of drug-likeness (QED) is 0.902. The van der Waals surface area contributed by atoms with Crippen LogP contribution in [0.4, 0.5) is 17.6 Å². The molecule has 0 aromatic carbocycles. The zero-order valence-electron chi connectivity index (χ0n) is 13.9. The van der Waals surface area contributed by atoms with Crippen molar-refractivity contribution in [3.8, 4) is 0 Å². The molecule has 126 valence electrons. The number of carbonyl (C=O) groups excluding carboxylic acids is 1. The largest absolute Gasteiger partial charge is 0.352 e. The van der Waals surface area contributed by atoms with Crippen molar-refractivity contribution in [3.05, 3.63) is 30.6 Å². The number of amides is 1. The maximum atomic E-state index is 11.7. The zero-order valence-corrected chi connectivity index (χ0v) is 13.9. The van der Waals surface area contributed by atoms with E-state index in [-0.39, 0.29) is 11.8 Å². The molecule has 0 saturated carbocycles. The van der Waals surface area contributed by atoms with Crippen molar-refractivity contribution in [2.24, 2.45) is 5.92 Å². The first-order chi connectivity index (χ1) is 11.6. The van der Waals surface area contributed by atoms with Crippen molar-refractivity contribution in [2.45, 2.75) is 13.8 Å². The Morgan fingerprint density at radius 3 is 2.29 bits per heavy atom. The lowest BCUT2D eigenvalue weighted by atomic mass is 10.2. The average Bonchev–Trinajstić information content (AvgIpc) is 2.63. The number of hydrogen-bond donors (Lipinski definition) is 1. The van der Waals surface area contributed by atoms with Gasteiger partial charge in [0.2, 0.25) is 11.9 Å². The molecular weight excluding hydrogens is 306 g/mol. The van der Waals surface area contributed by atoms with Crippen LogP contribution in [-0.4, -0.2) is 52.3 Å². The smallest absolute Gasteiger partial charge is 0.228 e. The summed E-state index contributed by atoms with van der Waals surface area (Å²) in [6.07, 6.45) is 3.51. The van der Waals surface area contributed by atoms with E-state index in [9.17, 15) is 4.79 Å². The monoisotopic (exact) mass is 327 g/mol. The second-order valence-corrected chi connectivity index (χ2v) is 5.94. The number of carbonyl (C=O) groups is 1. The second-order valence-electron chi connectivity index (χ2n) is 5.94. The third-order valence-corrected chi connectivity index (χ3v) is 3.86. The Hall–Kier alpha value is -2.77. The minimum atomic E-state index is -0.0836. The Balaban J connectivity index is 1.57. The fourth-order valence-electron chi connectivity index (χ4n) is 2.42. The molecular formula is C16H21N7O. The van der Waals surface area contributed by atoms with Gasteiger partial charge in [0.25, 0.3) is 0 Å². The molecule has 1 fully saturated rings. The SMILES string of the molecule is CC(C)C(=O)Nc1ccc(N2CCN(c3ncccn3)CC2)nn1. The summed E-state index contributed by atoms with van der Waals surface area (Å²) < 4.78 is 0. The predicted octanol–water partition coefficient (Wildman–Crippen LogP) is 1.19. The summed E-state index contributed by atoms with van der Waals surface area (Å²) in [6.45, 7) is 6.99. The highest BCUT2D eigenvalue weighted by atomic mass is 16.1. The molecule has 1 aliphatic rings. The van der Waals surface area contributed by atoms with E-state index in [4.69, 9.17) is 0 Å². The van der Waals surface area contributed by atoms with Crippen LogP contribution in [0.2, 0.25) is 0 Å². The molecule has 1 aliphatic heterocycles. The minimum Gasteiger partial charge on any atom is -0.352 e. The molecule has 2 aromatic heterocycles. The van der Waals surface area contributed by atoms with Gasteiger partial charge < -0.3 is 15.1 Å². The van der Waals surface area contributed by atoms with E-state index in [0.717, 1.165) is 37.9 Å². The first-order valence-electron chi connectivity index (χ1n) is 8.05. The van der Waals surface area contributed by atoms with Crippen LogP contribution in [0.15, 0.2) is 30.6 Å². The molecule has 8 heteroatoms. The minimum absolute atomic E-state index is 0.0616. The van der Waals surface area contributed by atoms with Crippen LogP contribution in [0.5, 0.6) is 0 Å². The molecule has 8 nitrogen and oxygen atoms in total. The number of piperazine rings is 1. The predicted molar refractivity (Wildman–Crippen MR) is 92.0 cm³/mol. The van der Waals surface area contributed by atoms with Gasteiger partial charge in [-0.05, 0) is 18.2 Å². The molecule has 0 unspecified atom stereocenters. The highest BCUT2D eigenvalue weighted by molar-refractivity contribution is 5.91. The molecule has 1 N–H and O–H groups in total. The van der Waals surface area contributed by atoms with Crippen LogP contribution < -0.4 is 15.1 Å². The maximum Gasteiger partial charge on any atom is 0.228 e. The molecule has 3 rings (SSSR count). The second kappa shape index (κ2) is 7.20. The number of anilines is 3. The molecule has 24 heavy (non-hydrogen) atoms. The summed E-state index contributed by atoms with van der Waals surface area (Å²) in [5, 5.41) is 11.1. The lowest BCUT2D eigenvalue weighted by Crippen LogP contribution is -2.47. The van der Waals surface area contributed by atoms with E-state index in [0.29, 0.717) is 5.82 Å². The molecule has 0 aliphatic carbocycles. The molecule has 0 spiro atoms. The van der Waals surface area contributed by atoms with Gasteiger partial charge in [0.05, 0.1) is 0 Å². The van der Waals surface area contributed by atoms with Crippen LogP contribution in [-0.2, 0) is 4.79 Å². The fraction of sp³-hybridized carbons (Fsp3) is 0.438. The van der Waals surface area contributed by atoms with E-state index in [1.165, 1.54) is 0 Å². The van der Waals surface area contributed by atoms with Gasteiger partial charge in [-0.3, -0.25) is 4.79 Å². The van der Waals surface area contributed by atoms with Gasteiger partial charge in [-0.2, -0.15) is 0 Å². The van der Waals surface area contributed by atoms with Gasteiger partial charge >= 0.3 is 0 Å². The molecule has 3 heterocycles. The van der Waals surface area contributed by atoms with Gasteiger partial charge in [-0.25, -0.2) is 9.97 Å². The van der Waals surface area contributed by atoms with Crippen LogP contribution >= 0.6 is 0 Å². The Kier molecular flexibility index (Phi) is 4.83. The number of hydrogen-bond acceptors (Lipinski definition) is 7. The van der Waals surface area contributed by atoms with Gasteiger partial charge in [-0.1, -0.05) is 13.8 Å². The van der Waals surface area contributed by atoms with E-state index in [2.05, 4.69) is 35.3 Å². The van der Waals surface area contributed by atoms with Gasteiger partial charge in [0.1, 0.15) is 0 Å². The Morgan fingerprint density at radius 2 is 1.71 bits per heavy atom. The van der Waals surface area contributed by atoms with Crippen molar-refractivity contribution in [2.75, 3.05) is 41.3 Å². The molecule has 0 bridgehead atoms. The summed E-state index contributed by atoms with van der Waals surface area (Å²) in [5.41, 5.74) is 0. The van der Waals surface area contributed by atoms with Crippen molar-refractivity contribution in [3.63, 3.8) is 0 Å². The Morgan fingerprint density at radius 1 is 1.04 bits per heavy atom. The molecule has 0 atom stereocenters. The lowest BCUT2D eigenvalue weighted by Gasteiger charge is -2.35. The molecule has 1 saturated heterocycles. The average molecular weight is 327 g/mol. The molecule has 0 radical (unpaired) electrons. The van der Waals surface area contributed by atoms with Crippen LogP contribution in [0.3, 0.4) is 0 Å². The van der Waals surface area contributed by atoms with Crippen LogP contribution in [0.1, 0.15) is 13.8 Å². The van der Waals surface area contributed by atoms with Gasteiger partial charge in [0, 0.05) is 44.5 Å². The van der Waals surface area contributed by atoms with Crippen molar-refractivity contribution in [1.29, 1.82) is 0 Å². The standard InChI is InChI=1S/C16H21N7O/c1-12(2)15(24)19-13-4-5-14(21-20-13)22-8-10-23(11-9-22)16-17-6-3-7-18-16/h3-7,12H,8-11H2,1-2H3,(H,19,20,24). The number of rotatable bonds is 4. The van der Waals surface area contributed by atoms with Crippen molar-refractivity contribution < 1.29 is 4.79 Å². The first-order valence-corrected chi connectivity index (χ1v) is 8.05. The van der Waals surface area contributed by atoms with E-state index < -0.39 is 0 Å². The third-order valence-electron chi connectivity index (χ3n) is 3.86. The summed E-state index contributed by atoms with van der Waals surface area (Å²) in [4.78, 5) is 24.5. The Labute approximate surface area is 140 Å². The van der Waals surface area contributed by atoms with Crippen LogP contribution in [0, 0.1) is 5.92 Å². The number of aromatic nitrogens is 4. The van der Waals surface area contributed by atoms with Gasteiger partial charge in [0.15, 0.2) is 11.6 Å². The number of nitrogens with zero attached hydrogens (tertiary/aromatic N) is 6. The summed E-state index contributed by atoms with van der Waals surface area (Å²) in [7, 11) is 0. The van der Waals surface area contributed by atoms with Crippen molar-refractivity contribution >= 4 is 23.5 Å². The summed E-state index contributed by atoms with van der Waals surface area (Å²) >= 11 is 0. The number of nitrogens with one attached hydrogen (secondary N) is 1. The van der Waals surface area contributed by atoms with Crippen LogP contribution in [0.25, 0.3) is 0 Å². The van der Waals surface area contributed by atoms with E-state index in [1.807, 2.05) is 26.0 Å². The lowest BCUT2D eigenvalue weighted by molar-refractivity contribution is -0.118.